The minimum absolute atomic E-state index is 0.138. The topological polar surface area (TPSA) is 40.5 Å². The second kappa shape index (κ2) is 4.94. The van der Waals surface area contributed by atoms with Crippen molar-refractivity contribution in [2.75, 3.05) is 18.9 Å². The van der Waals surface area contributed by atoms with Crippen LogP contribution in [-0.4, -0.2) is 38.6 Å². The normalized spacial score (nSPS) is 28.7. The molecule has 0 aromatic rings. The van der Waals surface area contributed by atoms with Crippen LogP contribution in [0.2, 0.25) is 0 Å². The van der Waals surface area contributed by atoms with Gasteiger partial charge in [-0.3, -0.25) is 0 Å². The van der Waals surface area contributed by atoms with Gasteiger partial charge in [0.05, 0.1) is 17.6 Å². The van der Waals surface area contributed by atoms with Crippen LogP contribution in [0.1, 0.15) is 26.2 Å². The Kier molecular flexibility index (Phi) is 4.18. The molecule has 0 spiro atoms. The quantitative estimate of drug-likeness (QED) is 0.706. The van der Waals surface area contributed by atoms with Crippen LogP contribution in [-0.2, 0) is 11.0 Å². The molecule has 1 N–H and O–H groups in total. The Morgan fingerprint density at radius 1 is 1.58 bits per heavy atom. The van der Waals surface area contributed by atoms with E-state index in [2.05, 4.69) is 0 Å². The molecule has 0 aromatic heterocycles. The minimum atomic E-state index is -0.870. The second-order valence-corrected chi connectivity index (χ2v) is 4.77. The zero-order chi connectivity index (χ0) is 8.97. The summed E-state index contributed by atoms with van der Waals surface area (Å²) in [6, 6.07) is 0.138. The van der Waals surface area contributed by atoms with E-state index in [1.807, 2.05) is 11.2 Å². The predicted molar refractivity (Wildman–Crippen MR) is 50.1 cm³/mol. The molecule has 1 aliphatic rings. The number of hydrogen-bond acceptors (Lipinski definition) is 2. The van der Waals surface area contributed by atoms with Crippen molar-refractivity contribution in [1.29, 1.82) is 0 Å². The van der Waals surface area contributed by atoms with Gasteiger partial charge in [-0.25, -0.2) is 8.51 Å². The summed E-state index contributed by atoms with van der Waals surface area (Å²) in [5.41, 5.74) is 0. The highest BCUT2D eigenvalue weighted by Gasteiger charge is 2.24. The van der Waals surface area contributed by atoms with E-state index in [4.69, 9.17) is 5.11 Å². The van der Waals surface area contributed by atoms with Crippen LogP contribution in [0.4, 0.5) is 0 Å². The maximum Gasteiger partial charge on any atom is 0.0943 e. The monoisotopic (exact) mass is 191 g/mol. The molecule has 1 aliphatic heterocycles. The Balaban J connectivity index is 2.52. The third-order valence-electron chi connectivity index (χ3n) is 2.29. The van der Waals surface area contributed by atoms with Gasteiger partial charge in [0.2, 0.25) is 0 Å². The summed E-state index contributed by atoms with van der Waals surface area (Å²) in [7, 11) is -0.870. The van der Waals surface area contributed by atoms with Crippen LogP contribution in [0.25, 0.3) is 0 Å². The molecule has 1 heterocycles. The van der Waals surface area contributed by atoms with Gasteiger partial charge in [0.25, 0.3) is 0 Å². The average Bonchev–Trinajstić information content (AvgIpc) is 2.16. The van der Waals surface area contributed by atoms with Crippen LogP contribution in [0.5, 0.6) is 0 Å². The van der Waals surface area contributed by atoms with Crippen LogP contribution in [0.15, 0.2) is 0 Å². The van der Waals surface area contributed by atoms with Gasteiger partial charge in [-0.05, 0) is 12.8 Å². The standard InChI is InChI=1S/C8H17NO2S/c1-2-12(11)9-6-4-3-5-8(9)7-10/h8,10H,2-7H2,1H3. The third kappa shape index (κ3) is 2.28. The van der Waals surface area contributed by atoms with Gasteiger partial charge in [-0.1, -0.05) is 13.3 Å². The second-order valence-electron chi connectivity index (χ2n) is 3.08. The molecule has 2 unspecified atom stereocenters. The largest absolute Gasteiger partial charge is 0.395 e. The van der Waals surface area contributed by atoms with Gasteiger partial charge < -0.3 is 5.11 Å². The number of rotatable bonds is 3. The fraction of sp³-hybridized carbons (Fsp3) is 1.00. The molecule has 0 aliphatic carbocycles. The third-order valence-corrected chi connectivity index (χ3v) is 3.79. The van der Waals surface area contributed by atoms with E-state index in [-0.39, 0.29) is 12.6 Å². The maximum atomic E-state index is 11.5. The van der Waals surface area contributed by atoms with Crippen LogP contribution >= 0.6 is 0 Å². The molecular formula is C8H17NO2S. The Morgan fingerprint density at radius 2 is 2.33 bits per heavy atom. The molecule has 2 atom stereocenters. The fourth-order valence-electron chi connectivity index (χ4n) is 1.59. The molecule has 0 amide bonds. The molecule has 0 radical (unpaired) electrons. The first kappa shape index (κ1) is 10.2. The van der Waals surface area contributed by atoms with Gasteiger partial charge >= 0.3 is 0 Å². The Bertz CT molecular complexity index is 163. The van der Waals surface area contributed by atoms with Crippen LogP contribution < -0.4 is 0 Å². The zero-order valence-electron chi connectivity index (χ0n) is 7.53. The van der Waals surface area contributed by atoms with Crippen molar-refractivity contribution >= 4 is 11.0 Å². The van der Waals surface area contributed by atoms with E-state index in [1.54, 1.807) is 0 Å². The van der Waals surface area contributed by atoms with Crippen LogP contribution in [0.3, 0.4) is 0 Å². The van der Waals surface area contributed by atoms with Crippen molar-refractivity contribution in [2.24, 2.45) is 0 Å². The van der Waals surface area contributed by atoms with Crippen molar-refractivity contribution in [1.82, 2.24) is 4.31 Å². The molecule has 0 saturated carbocycles. The highest BCUT2D eigenvalue weighted by molar-refractivity contribution is 7.82. The first-order valence-corrected chi connectivity index (χ1v) is 5.83. The highest BCUT2D eigenvalue weighted by Crippen LogP contribution is 2.18. The first-order chi connectivity index (χ1) is 5.79. The lowest BCUT2D eigenvalue weighted by Gasteiger charge is -2.32. The molecule has 3 nitrogen and oxygen atoms in total. The summed E-state index contributed by atoms with van der Waals surface area (Å²) in [6.45, 7) is 2.94. The van der Waals surface area contributed by atoms with E-state index >= 15 is 0 Å². The van der Waals surface area contributed by atoms with E-state index in [9.17, 15) is 4.21 Å². The molecule has 1 fully saturated rings. The van der Waals surface area contributed by atoms with Crippen molar-refractivity contribution in [3.63, 3.8) is 0 Å². The summed E-state index contributed by atoms with van der Waals surface area (Å²) in [6.07, 6.45) is 3.26. The Labute approximate surface area is 76.4 Å². The van der Waals surface area contributed by atoms with Gasteiger partial charge in [-0.2, -0.15) is 0 Å². The number of hydrogen-bond donors (Lipinski definition) is 1. The zero-order valence-corrected chi connectivity index (χ0v) is 8.35. The molecular weight excluding hydrogens is 174 g/mol. The molecule has 0 aromatic carbocycles. The lowest BCUT2D eigenvalue weighted by atomic mass is 10.1. The van der Waals surface area contributed by atoms with E-state index < -0.39 is 11.0 Å². The van der Waals surface area contributed by atoms with Gasteiger partial charge in [0.1, 0.15) is 0 Å². The molecule has 1 saturated heterocycles. The smallest absolute Gasteiger partial charge is 0.0943 e. The van der Waals surface area contributed by atoms with Gasteiger partial charge in [0.15, 0.2) is 0 Å². The molecule has 0 bridgehead atoms. The van der Waals surface area contributed by atoms with Gasteiger partial charge in [0, 0.05) is 18.3 Å². The predicted octanol–water partition coefficient (Wildman–Crippen LogP) is 0.517. The van der Waals surface area contributed by atoms with E-state index in [0.29, 0.717) is 5.75 Å². The summed E-state index contributed by atoms with van der Waals surface area (Å²) >= 11 is 0. The minimum Gasteiger partial charge on any atom is -0.395 e. The summed E-state index contributed by atoms with van der Waals surface area (Å²) in [5.74, 6) is 0.663. The van der Waals surface area contributed by atoms with Crippen molar-refractivity contribution in [2.45, 2.75) is 32.2 Å². The molecule has 1 rings (SSSR count). The highest BCUT2D eigenvalue weighted by atomic mass is 32.2. The Morgan fingerprint density at radius 3 is 2.92 bits per heavy atom. The summed E-state index contributed by atoms with van der Waals surface area (Å²) in [5, 5.41) is 9.03. The molecule has 12 heavy (non-hydrogen) atoms. The van der Waals surface area contributed by atoms with Crippen molar-refractivity contribution in [3.05, 3.63) is 0 Å². The lowest BCUT2D eigenvalue weighted by molar-refractivity contribution is 0.160. The fourth-order valence-corrected chi connectivity index (χ4v) is 2.76. The van der Waals surface area contributed by atoms with Crippen LogP contribution in [0, 0.1) is 0 Å². The average molecular weight is 191 g/mol. The number of aliphatic hydroxyl groups excluding tert-OH is 1. The summed E-state index contributed by atoms with van der Waals surface area (Å²) in [4.78, 5) is 0. The van der Waals surface area contributed by atoms with Crippen molar-refractivity contribution in [3.8, 4) is 0 Å². The SMILES string of the molecule is CCS(=O)N1CCCCC1CO. The summed E-state index contributed by atoms with van der Waals surface area (Å²) < 4.78 is 13.4. The number of aliphatic hydroxyl groups is 1. The van der Waals surface area contributed by atoms with Gasteiger partial charge in [-0.15, -0.1) is 0 Å². The van der Waals surface area contributed by atoms with Crippen molar-refractivity contribution < 1.29 is 9.32 Å². The first-order valence-electron chi connectivity index (χ1n) is 4.55. The number of piperidine rings is 1. The Hall–Kier alpha value is 0.0700. The molecule has 4 heteroatoms. The lowest BCUT2D eigenvalue weighted by Crippen LogP contribution is -2.43. The van der Waals surface area contributed by atoms with E-state index in [1.165, 1.54) is 0 Å². The molecule has 72 valence electrons. The number of nitrogens with zero attached hydrogens (tertiary/aromatic N) is 1. The van der Waals surface area contributed by atoms with E-state index in [0.717, 1.165) is 25.8 Å². The maximum absolute atomic E-state index is 11.5.